The Morgan fingerprint density at radius 3 is 2.17 bits per heavy atom. The molecule has 2 rings (SSSR count). The van der Waals surface area contributed by atoms with Crippen LogP contribution in [0.3, 0.4) is 0 Å². The number of aromatic nitrogens is 2. The van der Waals surface area contributed by atoms with Gasteiger partial charge in [0.15, 0.2) is 30.6 Å². The van der Waals surface area contributed by atoms with E-state index in [0.717, 1.165) is 11.1 Å². The van der Waals surface area contributed by atoms with E-state index in [1.165, 1.54) is 6.21 Å². The van der Waals surface area contributed by atoms with E-state index in [9.17, 15) is 4.79 Å². The van der Waals surface area contributed by atoms with Crippen molar-refractivity contribution in [3.63, 3.8) is 0 Å². The Kier molecular flexibility index (Phi) is 6.57. The van der Waals surface area contributed by atoms with Crippen LogP contribution >= 0.6 is 0 Å². The zero-order valence-corrected chi connectivity index (χ0v) is 14.0. The Morgan fingerprint density at radius 1 is 1.12 bits per heavy atom. The van der Waals surface area contributed by atoms with Gasteiger partial charge in [-0.15, -0.1) is 0 Å². The Bertz CT molecular complexity index is 680. The molecule has 0 saturated heterocycles. The first-order valence-corrected chi connectivity index (χ1v) is 7.85. The second-order valence-electron chi connectivity index (χ2n) is 5.97. The fourth-order valence-electron chi connectivity index (χ4n) is 2.18. The number of ether oxygens (including phenoxy) is 1. The number of hydrogen-bond donors (Lipinski definition) is 1. The summed E-state index contributed by atoms with van der Waals surface area (Å²) in [6, 6.07) is 7.30. The third kappa shape index (κ3) is 5.55. The summed E-state index contributed by atoms with van der Waals surface area (Å²) in [6.07, 6.45) is 9.31. The van der Waals surface area contributed by atoms with E-state index in [2.05, 4.69) is 5.16 Å². The number of hydrogen-bond acceptors (Lipinski definition) is 4. The van der Waals surface area contributed by atoms with Crippen LogP contribution in [-0.2, 0) is 18.2 Å². The highest BCUT2D eigenvalue weighted by Crippen LogP contribution is 2.07. The maximum absolute atomic E-state index is 12.0. The van der Waals surface area contributed by atoms with E-state index in [-0.39, 0.29) is 5.78 Å². The fraction of sp³-hybridized carbons (Fsp3) is 0.333. The minimum atomic E-state index is 0.167. The first-order chi connectivity index (χ1) is 11.6. The van der Waals surface area contributed by atoms with Gasteiger partial charge in [-0.2, -0.15) is 9.13 Å². The van der Waals surface area contributed by atoms with Crippen molar-refractivity contribution in [2.45, 2.75) is 33.7 Å². The van der Waals surface area contributed by atoms with Crippen LogP contribution in [0.15, 0.2) is 54.2 Å². The number of Topliss-reactive ketones (excluding diaryl/α,β-unsaturated/α-hetero) is 1. The lowest BCUT2D eigenvalue weighted by atomic mass is 10.0. The van der Waals surface area contributed by atoms with Crippen molar-refractivity contribution in [1.82, 2.24) is 0 Å². The number of rotatable bonds is 8. The molecule has 0 aliphatic heterocycles. The average Bonchev–Trinajstić information content (AvgIpc) is 2.57. The Hall–Kier alpha value is -2.60. The smallest absolute Gasteiger partial charge is 0.257 e. The average molecular weight is 329 g/mol. The van der Waals surface area contributed by atoms with E-state index >= 15 is 0 Å². The van der Waals surface area contributed by atoms with Gasteiger partial charge in [-0.25, -0.2) is 0 Å². The van der Waals surface area contributed by atoms with Crippen LogP contribution in [0.25, 0.3) is 0 Å². The van der Waals surface area contributed by atoms with E-state index in [1.807, 2.05) is 72.0 Å². The number of oxime groups is 1. The quantitative estimate of drug-likeness (QED) is 0.265. The van der Waals surface area contributed by atoms with Crippen molar-refractivity contribution in [3.05, 3.63) is 60.2 Å². The van der Waals surface area contributed by atoms with Crippen molar-refractivity contribution in [2.24, 2.45) is 11.1 Å². The lowest BCUT2D eigenvalue weighted by Crippen LogP contribution is -2.40. The molecule has 2 heterocycles. The van der Waals surface area contributed by atoms with Gasteiger partial charge in [0.1, 0.15) is 0 Å². The van der Waals surface area contributed by atoms with Crippen molar-refractivity contribution in [3.8, 4) is 0 Å². The summed E-state index contributed by atoms with van der Waals surface area (Å²) in [5, 5.41) is 11.4. The van der Waals surface area contributed by atoms with Crippen LogP contribution in [0.5, 0.6) is 0 Å². The summed E-state index contributed by atoms with van der Waals surface area (Å²) in [5.74, 6) is 0.528. The number of pyridine rings is 2. The molecule has 6 nitrogen and oxygen atoms in total. The molecule has 0 spiro atoms. The van der Waals surface area contributed by atoms with Crippen LogP contribution in [0.4, 0.5) is 0 Å². The molecule has 0 radical (unpaired) electrons. The minimum Gasteiger partial charge on any atom is -0.411 e. The van der Waals surface area contributed by atoms with Crippen LogP contribution in [0.1, 0.15) is 36.2 Å². The third-order valence-corrected chi connectivity index (χ3v) is 3.41. The van der Waals surface area contributed by atoms with Crippen molar-refractivity contribution in [1.29, 1.82) is 0 Å². The third-order valence-electron chi connectivity index (χ3n) is 3.41. The van der Waals surface area contributed by atoms with Gasteiger partial charge in [0.25, 0.3) is 13.5 Å². The van der Waals surface area contributed by atoms with Crippen molar-refractivity contribution < 1.29 is 23.9 Å². The fourth-order valence-corrected chi connectivity index (χ4v) is 2.18. The molecule has 0 saturated carbocycles. The zero-order valence-electron chi connectivity index (χ0n) is 14.0. The second-order valence-corrected chi connectivity index (χ2v) is 5.97. The molecule has 0 aromatic carbocycles. The molecule has 0 amide bonds. The molecule has 24 heavy (non-hydrogen) atoms. The van der Waals surface area contributed by atoms with Crippen LogP contribution in [0.2, 0.25) is 0 Å². The molecule has 1 N–H and O–H groups in total. The zero-order chi connectivity index (χ0) is 17.4. The van der Waals surface area contributed by atoms with Crippen molar-refractivity contribution in [2.75, 3.05) is 0 Å². The van der Waals surface area contributed by atoms with Crippen molar-refractivity contribution >= 4 is 12.0 Å². The molecule has 126 valence electrons. The number of nitrogens with zero attached hydrogens (tertiary/aromatic N) is 3. The topological polar surface area (TPSA) is 66.7 Å². The summed E-state index contributed by atoms with van der Waals surface area (Å²) in [5.41, 5.74) is 1.54. The van der Waals surface area contributed by atoms with Gasteiger partial charge in [0, 0.05) is 41.8 Å². The molecule has 0 unspecified atom stereocenters. The molecule has 0 aliphatic carbocycles. The van der Waals surface area contributed by atoms with E-state index < -0.39 is 0 Å². The standard InChI is InChI=1S/C18H22N3O3/c1-15(2)11-18(22)17-5-9-21(10-6-17)14-24-13-20-7-3-16(4-8-20)12-19-23/h3-10,12,15H,11,13-14H2,1-2H3/q+1/p+1. The molecule has 0 bridgehead atoms. The molecular formula is C18H23N3O3+2. The predicted molar refractivity (Wildman–Crippen MR) is 87.5 cm³/mol. The summed E-state index contributed by atoms with van der Waals surface area (Å²) in [4.78, 5) is 12.0. The van der Waals surface area contributed by atoms with Crippen LogP contribution in [0, 0.1) is 5.92 Å². The summed E-state index contributed by atoms with van der Waals surface area (Å²) in [6.45, 7) is 4.87. The van der Waals surface area contributed by atoms with E-state index in [1.54, 1.807) is 0 Å². The Morgan fingerprint density at radius 2 is 1.67 bits per heavy atom. The lowest BCUT2D eigenvalue weighted by Gasteiger charge is -2.03. The SMILES string of the molecule is CC(C)CC(=O)c1cc[n+](COC[n+]2ccc(C=NO)cc2)cc1. The van der Waals surface area contributed by atoms with Gasteiger partial charge in [0.2, 0.25) is 0 Å². The number of ketones is 1. The maximum Gasteiger partial charge on any atom is 0.257 e. The van der Waals surface area contributed by atoms with Crippen LogP contribution < -0.4 is 9.13 Å². The van der Waals surface area contributed by atoms with Gasteiger partial charge in [-0.3, -0.25) is 9.53 Å². The second kappa shape index (κ2) is 8.88. The highest BCUT2D eigenvalue weighted by molar-refractivity contribution is 5.95. The first-order valence-electron chi connectivity index (χ1n) is 7.85. The predicted octanol–water partition coefficient (Wildman–Crippen LogP) is 1.93. The summed E-state index contributed by atoms with van der Waals surface area (Å²) >= 11 is 0. The number of carbonyl (C=O) groups is 1. The number of carbonyl (C=O) groups excluding carboxylic acids is 1. The van der Waals surface area contributed by atoms with E-state index in [4.69, 9.17) is 9.94 Å². The monoisotopic (exact) mass is 329 g/mol. The van der Waals surface area contributed by atoms with Gasteiger partial charge < -0.3 is 5.21 Å². The molecule has 0 aliphatic rings. The summed E-state index contributed by atoms with van der Waals surface area (Å²) in [7, 11) is 0. The molecular weight excluding hydrogens is 306 g/mol. The van der Waals surface area contributed by atoms with E-state index in [0.29, 0.717) is 25.8 Å². The molecule has 2 aromatic rings. The molecule has 2 aromatic heterocycles. The van der Waals surface area contributed by atoms with Gasteiger partial charge >= 0.3 is 0 Å². The van der Waals surface area contributed by atoms with Crippen LogP contribution in [-0.4, -0.2) is 17.2 Å². The Labute approximate surface area is 141 Å². The van der Waals surface area contributed by atoms with Gasteiger partial charge in [-0.05, 0) is 5.92 Å². The lowest BCUT2D eigenvalue weighted by molar-refractivity contribution is -0.788. The highest BCUT2D eigenvalue weighted by Gasteiger charge is 2.10. The van der Waals surface area contributed by atoms with Gasteiger partial charge in [0.05, 0.1) is 6.21 Å². The first kappa shape index (κ1) is 17.7. The molecule has 0 fully saturated rings. The Balaban J connectivity index is 1.83. The normalized spacial score (nSPS) is 11.3. The maximum atomic E-state index is 12.0. The molecule has 0 atom stereocenters. The van der Waals surface area contributed by atoms with Gasteiger partial charge in [-0.1, -0.05) is 19.0 Å². The largest absolute Gasteiger partial charge is 0.411 e. The summed E-state index contributed by atoms with van der Waals surface area (Å²) < 4.78 is 9.37. The molecule has 6 heteroatoms. The highest BCUT2D eigenvalue weighted by atomic mass is 16.5. The minimum absolute atomic E-state index is 0.167.